The lowest BCUT2D eigenvalue weighted by Gasteiger charge is -2.11. The van der Waals surface area contributed by atoms with Crippen molar-refractivity contribution < 1.29 is 14.3 Å². The topological polar surface area (TPSA) is 86.1 Å². The zero-order valence-corrected chi connectivity index (χ0v) is 20.2. The predicted molar refractivity (Wildman–Crippen MR) is 132 cm³/mol. The van der Waals surface area contributed by atoms with Crippen molar-refractivity contribution in [3.05, 3.63) is 71.3 Å². The molecular formula is C24H25ClN4O3S. The minimum Gasteiger partial charge on any atom is -0.459 e. The quantitative estimate of drug-likeness (QED) is 0.249. The summed E-state index contributed by atoms with van der Waals surface area (Å²) < 4.78 is 7.11. The predicted octanol–water partition coefficient (Wildman–Crippen LogP) is 5.39. The van der Waals surface area contributed by atoms with Gasteiger partial charge in [0.1, 0.15) is 0 Å². The molecule has 0 bridgehead atoms. The SMILES string of the molecule is C=CCn1c(SCC(=O)Nc2cc(C(=O)OC(C)C)ccc2Cl)nnc1-c1ccc(C)cc1. The summed E-state index contributed by atoms with van der Waals surface area (Å²) in [6.45, 7) is 9.87. The summed E-state index contributed by atoms with van der Waals surface area (Å²) in [7, 11) is 0. The van der Waals surface area contributed by atoms with Crippen molar-refractivity contribution in [1.82, 2.24) is 14.8 Å². The number of thioether (sulfide) groups is 1. The van der Waals surface area contributed by atoms with Gasteiger partial charge in [-0.1, -0.05) is 59.3 Å². The molecule has 33 heavy (non-hydrogen) atoms. The number of nitrogens with one attached hydrogen (secondary N) is 1. The number of nitrogens with zero attached hydrogens (tertiary/aromatic N) is 3. The fraction of sp³-hybridized carbons (Fsp3) is 0.250. The average Bonchev–Trinajstić information content (AvgIpc) is 3.16. The molecule has 1 heterocycles. The first kappa shape index (κ1) is 24.5. The molecule has 0 fully saturated rings. The number of hydrogen-bond donors (Lipinski definition) is 1. The number of esters is 1. The molecule has 0 radical (unpaired) electrons. The van der Waals surface area contributed by atoms with Gasteiger partial charge in [-0.05, 0) is 39.0 Å². The monoisotopic (exact) mass is 484 g/mol. The Bertz CT molecular complexity index is 1160. The summed E-state index contributed by atoms with van der Waals surface area (Å²) in [6.07, 6.45) is 1.51. The summed E-state index contributed by atoms with van der Waals surface area (Å²) in [5.41, 5.74) is 2.74. The molecule has 9 heteroatoms. The van der Waals surface area contributed by atoms with Crippen molar-refractivity contribution >= 4 is 40.9 Å². The number of halogens is 1. The van der Waals surface area contributed by atoms with Crippen LogP contribution in [0, 0.1) is 6.92 Å². The molecule has 0 aliphatic carbocycles. The van der Waals surface area contributed by atoms with Crippen molar-refractivity contribution in [2.45, 2.75) is 38.6 Å². The van der Waals surface area contributed by atoms with E-state index in [1.54, 1.807) is 32.1 Å². The van der Waals surface area contributed by atoms with Gasteiger partial charge in [0, 0.05) is 12.1 Å². The first-order valence-corrected chi connectivity index (χ1v) is 11.7. The Labute approximate surface area is 202 Å². The summed E-state index contributed by atoms with van der Waals surface area (Å²) in [5.74, 6) is 0.0198. The molecular weight excluding hydrogens is 460 g/mol. The number of benzene rings is 2. The van der Waals surface area contributed by atoms with Gasteiger partial charge >= 0.3 is 5.97 Å². The molecule has 3 rings (SSSR count). The Balaban J connectivity index is 1.71. The maximum Gasteiger partial charge on any atom is 0.338 e. The molecule has 1 amide bonds. The number of amides is 1. The summed E-state index contributed by atoms with van der Waals surface area (Å²) in [5, 5.41) is 12.2. The average molecular weight is 485 g/mol. The van der Waals surface area contributed by atoms with E-state index in [1.165, 1.54) is 17.8 Å². The van der Waals surface area contributed by atoms with Gasteiger partial charge in [0.15, 0.2) is 11.0 Å². The van der Waals surface area contributed by atoms with E-state index in [0.29, 0.717) is 33.8 Å². The Morgan fingerprint density at radius 1 is 1.21 bits per heavy atom. The number of carbonyl (C=O) groups excluding carboxylic acids is 2. The fourth-order valence-corrected chi connectivity index (χ4v) is 3.86. The highest BCUT2D eigenvalue weighted by atomic mass is 35.5. The Hall–Kier alpha value is -3.10. The molecule has 2 aromatic carbocycles. The van der Waals surface area contributed by atoms with Crippen LogP contribution in [-0.2, 0) is 16.1 Å². The van der Waals surface area contributed by atoms with Crippen LogP contribution in [-0.4, -0.2) is 38.5 Å². The maximum absolute atomic E-state index is 12.6. The van der Waals surface area contributed by atoms with E-state index >= 15 is 0 Å². The second kappa shape index (κ2) is 11.2. The third-order valence-corrected chi connectivity index (χ3v) is 5.79. The molecule has 1 N–H and O–H groups in total. The molecule has 1 aromatic heterocycles. The van der Waals surface area contributed by atoms with E-state index in [4.69, 9.17) is 16.3 Å². The van der Waals surface area contributed by atoms with Gasteiger partial charge in [0.25, 0.3) is 0 Å². The number of carbonyl (C=O) groups is 2. The van der Waals surface area contributed by atoms with E-state index in [0.717, 1.165) is 11.1 Å². The second-order valence-electron chi connectivity index (χ2n) is 7.56. The highest BCUT2D eigenvalue weighted by molar-refractivity contribution is 7.99. The highest BCUT2D eigenvalue weighted by Crippen LogP contribution is 2.26. The Morgan fingerprint density at radius 3 is 2.61 bits per heavy atom. The standard InChI is InChI=1S/C24H25ClN4O3S/c1-5-12-29-22(17-8-6-16(4)7-9-17)27-28-24(29)33-14-21(30)26-20-13-18(10-11-19(20)25)23(31)32-15(2)3/h5-11,13,15H,1,12,14H2,2-4H3,(H,26,30). The Kier molecular flexibility index (Phi) is 8.30. The van der Waals surface area contributed by atoms with Gasteiger partial charge in [0.05, 0.1) is 28.1 Å². The molecule has 0 unspecified atom stereocenters. The fourth-order valence-electron chi connectivity index (χ4n) is 2.95. The molecule has 3 aromatic rings. The van der Waals surface area contributed by atoms with Crippen LogP contribution in [0.25, 0.3) is 11.4 Å². The minimum atomic E-state index is -0.479. The second-order valence-corrected chi connectivity index (χ2v) is 8.91. The van der Waals surface area contributed by atoms with E-state index < -0.39 is 5.97 Å². The van der Waals surface area contributed by atoms with Gasteiger partial charge in [-0.15, -0.1) is 16.8 Å². The van der Waals surface area contributed by atoms with Gasteiger partial charge < -0.3 is 10.1 Å². The number of ether oxygens (including phenoxy) is 1. The lowest BCUT2D eigenvalue weighted by atomic mass is 10.1. The number of rotatable bonds is 9. The van der Waals surface area contributed by atoms with Crippen LogP contribution in [0.5, 0.6) is 0 Å². The van der Waals surface area contributed by atoms with E-state index in [2.05, 4.69) is 22.1 Å². The summed E-state index contributed by atoms with van der Waals surface area (Å²) >= 11 is 7.46. The smallest absolute Gasteiger partial charge is 0.338 e. The molecule has 0 saturated carbocycles. The number of allylic oxidation sites excluding steroid dienone is 1. The zero-order chi connectivity index (χ0) is 24.0. The first-order valence-electron chi connectivity index (χ1n) is 10.3. The molecule has 0 aliphatic heterocycles. The van der Waals surface area contributed by atoms with Gasteiger partial charge in [0.2, 0.25) is 5.91 Å². The van der Waals surface area contributed by atoms with E-state index in [1.807, 2.05) is 35.8 Å². The van der Waals surface area contributed by atoms with Crippen molar-refractivity contribution in [2.24, 2.45) is 0 Å². The third-order valence-electron chi connectivity index (χ3n) is 4.49. The number of aryl methyl sites for hydroxylation is 1. The number of anilines is 1. The van der Waals surface area contributed by atoms with Crippen molar-refractivity contribution in [2.75, 3.05) is 11.1 Å². The Morgan fingerprint density at radius 2 is 1.94 bits per heavy atom. The maximum atomic E-state index is 12.6. The van der Waals surface area contributed by atoms with Crippen LogP contribution in [0.1, 0.15) is 29.8 Å². The number of hydrogen-bond acceptors (Lipinski definition) is 6. The van der Waals surface area contributed by atoms with Gasteiger partial charge in [-0.2, -0.15) is 0 Å². The van der Waals surface area contributed by atoms with Crippen molar-refractivity contribution in [1.29, 1.82) is 0 Å². The third kappa shape index (κ3) is 6.46. The largest absolute Gasteiger partial charge is 0.459 e. The van der Waals surface area contributed by atoms with Crippen molar-refractivity contribution in [3.63, 3.8) is 0 Å². The summed E-state index contributed by atoms with van der Waals surface area (Å²) in [6, 6.07) is 12.6. The molecule has 0 spiro atoms. The molecule has 0 saturated heterocycles. The molecule has 7 nitrogen and oxygen atoms in total. The molecule has 0 atom stereocenters. The minimum absolute atomic E-state index is 0.0835. The first-order chi connectivity index (χ1) is 15.8. The summed E-state index contributed by atoms with van der Waals surface area (Å²) in [4.78, 5) is 24.7. The van der Waals surface area contributed by atoms with Gasteiger partial charge in [-0.25, -0.2) is 4.79 Å². The van der Waals surface area contributed by atoms with Crippen molar-refractivity contribution in [3.8, 4) is 11.4 Å². The lowest BCUT2D eigenvalue weighted by Crippen LogP contribution is -2.16. The molecule has 0 aliphatic rings. The lowest BCUT2D eigenvalue weighted by molar-refractivity contribution is -0.113. The zero-order valence-electron chi connectivity index (χ0n) is 18.7. The molecule has 172 valence electrons. The van der Waals surface area contributed by atoms with Crippen LogP contribution in [0.4, 0.5) is 5.69 Å². The van der Waals surface area contributed by atoms with Crippen LogP contribution in [0.2, 0.25) is 5.02 Å². The normalized spacial score (nSPS) is 10.8. The van der Waals surface area contributed by atoms with E-state index in [9.17, 15) is 9.59 Å². The van der Waals surface area contributed by atoms with Crippen LogP contribution < -0.4 is 5.32 Å². The van der Waals surface area contributed by atoms with Crippen LogP contribution in [0.3, 0.4) is 0 Å². The van der Waals surface area contributed by atoms with E-state index in [-0.39, 0.29) is 17.8 Å². The van der Waals surface area contributed by atoms with Crippen LogP contribution in [0.15, 0.2) is 60.3 Å². The number of aromatic nitrogens is 3. The van der Waals surface area contributed by atoms with Crippen LogP contribution >= 0.6 is 23.4 Å². The van der Waals surface area contributed by atoms with Gasteiger partial charge in [-0.3, -0.25) is 9.36 Å². The highest BCUT2D eigenvalue weighted by Gasteiger charge is 2.17.